The van der Waals surface area contributed by atoms with Crippen molar-refractivity contribution in [3.8, 4) is 0 Å². The molecular formula is C16H28O4. The van der Waals surface area contributed by atoms with Crippen LogP contribution in [0.3, 0.4) is 0 Å². The third kappa shape index (κ3) is 3.03. The third-order valence-electron chi connectivity index (χ3n) is 5.13. The molecule has 4 nitrogen and oxygen atoms in total. The number of aliphatic hydroxyl groups excluding tert-OH is 1. The summed E-state index contributed by atoms with van der Waals surface area (Å²) in [5, 5.41) is 9.61. The molecule has 116 valence electrons. The van der Waals surface area contributed by atoms with Gasteiger partial charge in [-0.05, 0) is 51.9 Å². The van der Waals surface area contributed by atoms with E-state index in [9.17, 15) is 5.11 Å². The molecule has 3 aliphatic heterocycles. The van der Waals surface area contributed by atoms with Crippen molar-refractivity contribution < 1.29 is 19.3 Å². The first-order chi connectivity index (χ1) is 9.67. The lowest BCUT2D eigenvalue weighted by molar-refractivity contribution is -0.114. The van der Waals surface area contributed by atoms with Gasteiger partial charge in [0.1, 0.15) is 0 Å². The number of hydrogen-bond acceptors (Lipinski definition) is 4. The van der Waals surface area contributed by atoms with Crippen molar-refractivity contribution in [3.63, 3.8) is 0 Å². The molecule has 0 radical (unpaired) electrons. The highest BCUT2D eigenvalue weighted by Crippen LogP contribution is 2.36. The molecule has 7 atom stereocenters. The van der Waals surface area contributed by atoms with Crippen LogP contribution in [-0.2, 0) is 14.2 Å². The Kier molecular flexibility index (Phi) is 4.65. The summed E-state index contributed by atoms with van der Waals surface area (Å²) in [7, 11) is 0. The zero-order chi connectivity index (χ0) is 14.1. The Morgan fingerprint density at radius 2 is 1.40 bits per heavy atom. The molecule has 0 aliphatic carbocycles. The molecule has 0 bridgehead atoms. The van der Waals surface area contributed by atoms with Crippen LogP contribution in [0.2, 0.25) is 0 Å². The van der Waals surface area contributed by atoms with E-state index in [-0.39, 0.29) is 30.5 Å². The van der Waals surface area contributed by atoms with E-state index in [1.54, 1.807) is 0 Å². The zero-order valence-corrected chi connectivity index (χ0v) is 12.7. The first-order valence-corrected chi connectivity index (χ1v) is 8.31. The van der Waals surface area contributed by atoms with Gasteiger partial charge in [-0.1, -0.05) is 6.92 Å². The molecule has 0 amide bonds. The first-order valence-electron chi connectivity index (χ1n) is 8.31. The maximum absolute atomic E-state index is 9.61. The zero-order valence-electron chi connectivity index (χ0n) is 12.7. The van der Waals surface area contributed by atoms with Gasteiger partial charge < -0.3 is 19.3 Å². The van der Waals surface area contributed by atoms with Crippen LogP contribution in [-0.4, -0.2) is 47.8 Å². The molecule has 0 unspecified atom stereocenters. The van der Waals surface area contributed by atoms with E-state index in [1.165, 1.54) is 6.42 Å². The van der Waals surface area contributed by atoms with Gasteiger partial charge in [0.05, 0.1) is 42.7 Å². The molecule has 0 spiro atoms. The van der Waals surface area contributed by atoms with Gasteiger partial charge in [-0.25, -0.2) is 0 Å². The van der Waals surface area contributed by atoms with Crippen molar-refractivity contribution in [2.24, 2.45) is 0 Å². The molecule has 0 saturated carbocycles. The SMILES string of the molecule is CC[C@@H]1CC[C@@H]([C@@H]2CC[C@@H]([C@@H]3CC[C@@H]([C@H](C)O)O3)O2)O1. The van der Waals surface area contributed by atoms with Gasteiger partial charge in [0.2, 0.25) is 0 Å². The van der Waals surface area contributed by atoms with Gasteiger partial charge in [-0.15, -0.1) is 0 Å². The van der Waals surface area contributed by atoms with E-state index >= 15 is 0 Å². The molecule has 3 rings (SSSR count). The molecular weight excluding hydrogens is 256 g/mol. The van der Waals surface area contributed by atoms with Crippen LogP contribution in [0.4, 0.5) is 0 Å². The van der Waals surface area contributed by atoms with E-state index < -0.39 is 0 Å². The minimum atomic E-state index is -0.374. The van der Waals surface area contributed by atoms with E-state index in [0.717, 1.165) is 38.5 Å². The molecule has 0 aromatic rings. The minimum absolute atomic E-state index is 0.00477. The number of rotatable bonds is 4. The Balaban J connectivity index is 1.48. The van der Waals surface area contributed by atoms with Gasteiger partial charge in [0.25, 0.3) is 0 Å². The molecule has 4 heteroatoms. The van der Waals surface area contributed by atoms with Gasteiger partial charge in [-0.2, -0.15) is 0 Å². The van der Waals surface area contributed by atoms with E-state index in [4.69, 9.17) is 14.2 Å². The highest BCUT2D eigenvalue weighted by atomic mass is 16.6. The highest BCUT2D eigenvalue weighted by molar-refractivity contribution is 4.90. The maximum Gasteiger partial charge on any atom is 0.0842 e. The predicted molar refractivity (Wildman–Crippen MR) is 75.7 cm³/mol. The second-order valence-electron chi connectivity index (χ2n) is 6.60. The molecule has 20 heavy (non-hydrogen) atoms. The molecule has 3 heterocycles. The number of aliphatic hydroxyl groups is 1. The third-order valence-corrected chi connectivity index (χ3v) is 5.13. The van der Waals surface area contributed by atoms with Crippen LogP contribution in [0.1, 0.15) is 58.8 Å². The molecule has 3 fully saturated rings. The lowest BCUT2D eigenvalue weighted by Gasteiger charge is -2.23. The van der Waals surface area contributed by atoms with Crippen LogP contribution < -0.4 is 0 Å². The van der Waals surface area contributed by atoms with Crippen molar-refractivity contribution in [2.75, 3.05) is 0 Å². The fourth-order valence-corrected chi connectivity index (χ4v) is 3.86. The molecule has 1 N–H and O–H groups in total. The predicted octanol–water partition coefficient (Wildman–Crippen LogP) is 2.42. The fourth-order valence-electron chi connectivity index (χ4n) is 3.86. The van der Waals surface area contributed by atoms with Gasteiger partial charge in [0.15, 0.2) is 0 Å². The van der Waals surface area contributed by atoms with E-state index in [0.29, 0.717) is 12.2 Å². The summed E-state index contributed by atoms with van der Waals surface area (Å²) in [6, 6.07) is 0. The molecule has 3 aliphatic rings. The lowest BCUT2D eigenvalue weighted by Crippen LogP contribution is -2.32. The first kappa shape index (κ1) is 14.8. The van der Waals surface area contributed by atoms with E-state index in [2.05, 4.69) is 6.92 Å². The van der Waals surface area contributed by atoms with E-state index in [1.807, 2.05) is 6.92 Å². The largest absolute Gasteiger partial charge is 0.391 e. The maximum atomic E-state index is 9.61. The van der Waals surface area contributed by atoms with Crippen molar-refractivity contribution in [1.29, 1.82) is 0 Å². The lowest BCUT2D eigenvalue weighted by atomic mass is 10.0. The second kappa shape index (κ2) is 6.30. The van der Waals surface area contributed by atoms with Gasteiger partial charge in [-0.3, -0.25) is 0 Å². The summed E-state index contributed by atoms with van der Waals surface area (Å²) >= 11 is 0. The normalized spacial score (nSPS) is 47.0. The van der Waals surface area contributed by atoms with Crippen LogP contribution in [0.25, 0.3) is 0 Å². The standard InChI is InChI=1S/C16H28O4/c1-3-11-4-5-13(18-11)14-8-9-16(20-14)15-7-6-12(19-15)10(2)17/h10-17H,3-9H2,1-2H3/t10-,11+,12-,13-,14-,15-,16-/m0/s1. The van der Waals surface area contributed by atoms with Crippen LogP contribution >= 0.6 is 0 Å². The van der Waals surface area contributed by atoms with Crippen molar-refractivity contribution >= 4 is 0 Å². The van der Waals surface area contributed by atoms with Crippen LogP contribution in [0.5, 0.6) is 0 Å². The Hall–Kier alpha value is -0.160. The molecule has 3 saturated heterocycles. The summed E-state index contributed by atoms with van der Waals surface area (Å²) in [6.45, 7) is 4.00. The monoisotopic (exact) mass is 284 g/mol. The van der Waals surface area contributed by atoms with Crippen molar-refractivity contribution in [1.82, 2.24) is 0 Å². The average Bonchev–Trinajstić information content (AvgIpc) is 3.17. The van der Waals surface area contributed by atoms with Gasteiger partial charge >= 0.3 is 0 Å². The van der Waals surface area contributed by atoms with Crippen molar-refractivity contribution in [3.05, 3.63) is 0 Å². The number of ether oxygens (including phenoxy) is 3. The Morgan fingerprint density at radius 3 is 1.95 bits per heavy atom. The molecule has 0 aromatic heterocycles. The minimum Gasteiger partial charge on any atom is -0.391 e. The van der Waals surface area contributed by atoms with Crippen LogP contribution in [0.15, 0.2) is 0 Å². The fraction of sp³-hybridized carbons (Fsp3) is 1.00. The highest BCUT2D eigenvalue weighted by Gasteiger charge is 2.42. The Labute approximate surface area is 121 Å². The number of hydrogen-bond donors (Lipinski definition) is 1. The smallest absolute Gasteiger partial charge is 0.0842 e. The average molecular weight is 284 g/mol. The second-order valence-corrected chi connectivity index (χ2v) is 6.60. The summed E-state index contributed by atoms with van der Waals surface area (Å²) in [5.74, 6) is 0. The quantitative estimate of drug-likeness (QED) is 0.861. The topological polar surface area (TPSA) is 47.9 Å². The summed E-state index contributed by atoms with van der Waals surface area (Å²) in [6.07, 6.45) is 8.51. The van der Waals surface area contributed by atoms with Crippen molar-refractivity contribution in [2.45, 2.75) is 102 Å². The summed E-state index contributed by atoms with van der Waals surface area (Å²) in [4.78, 5) is 0. The molecule has 0 aromatic carbocycles. The van der Waals surface area contributed by atoms with Crippen LogP contribution in [0, 0.1) is 0 Å². The summed E-state index contributed by atoms with van der Waals surface area (Å²) in [5.41, 5.74) is 0. The van der Waals surface area contributed by atoms with Gasteiger partial charge in [0, 0.05) is 0 Å². The Morgan fingerprint density at radius 1 is 0.850 bits per heavy atom. The Bertz CT molecular complexity index is 320. The summed E-state index contributed by atoms with van der Waals surface area (Å²) < 4.78 is 18.2.